The van der Waals surface area contributed by atoms with Crippen molar-refractivity contribution in [3.8, 4) is 0 Å². The maximum absolute atomic E-state index is 5.78. The minimum atomic E-state index is 0.212. The summed E-state index contributed by atoms with van der Waals surface area (Å²) >= 11 is 5.78. The van der Waals surface area contributed by atoms with Gasteiger partial charge < -0.3 is 11.1 Å². The molecule has 1 aromatic heterocycles. The predicted octanol–water partition coefficient (Wildman–Crippen LogP) is 2.31. The van der Waals surface area contributed by atoms with E-state index in [-0.39, 0.29) is 5.95 Å². The average molecular weight is 227 g/mol. The molecule has 0 aromatic carbocycles. The number of nitrogens with zero attached hydrogens (tertiary/aromatic N) is 2. The van der Waals surface area contributed by atoms with Gasteiger partial charge in [-0.2, -0.15) is 4.98 Å². The molecular formula is C10H15ClN4. The fraction of sp³-hybridized carbons (Fsp3) is 0.600. The minimum Gasteiger partial charge on any atom is -0.368 e. The summed E-state index contributed by atoms with van der Waals surface area (Å²) in [4.78, 5) is 7.88. The molecule has 15 heavy (non-hydrogen) atoms. The van der Waals surface area contributed by atoms with E-state index in [1.54, 1.807) is 6.07 Å². The molecule has 1 fully saturated rings. The van der Waals surface area contributed by atoms with Crippen molar-refractivity contribution < 1.29 is 0 Å². The molecule has 2 rings (SSSR count). The van der Waals surface area contributed by atoms with Crippen LogP contribution in [0.2, 0.25) is 5.15 Å². The van der Waals surface area contributed by atoms with Crippen LogP contribution in [0.5, 0.6) is 0 Å². The van der Waals surface area contributed by atoms with Crippen LogP contribution in [0.25, 0.3) is 0 Å². The lowest BCUT2D eigenvalue weighted by atomic mass is 9.68. The standard InChI is InChI=1S/C10H15ClN4/c1-10(2)4-6(5-10)13-8-3-7(11)14-9(12)15-8/h3,6H,4-5H2,1-2H3,(H3,12,13,14,15). The summed E-state index contributed by atoms with van der Waals surface area (Å²) in [7, 11) is 0. The number of halogens is 1. The van der Waals surface area contributed by atoms with Gasteiger partial charge in [-0.1, -0.05) is 25.4 Å². The highest BCUT2D eigenvalue weighted by Gasteiger charge is 2.36. The van der Waals surface area contributed by atoms with Crippen molar-refractivity contribution in [3.05, 3.63) is 11.2 Å². The molecule has 0 atom stereocenters. The topological polar surface area (TPSA) is 63.8 Å². The Morgan fingerprint density at radius 3 is 2.67 bits per heavy atom. The Balaban J connectivity index is 2.00. The van der Waals surface area contributed by atoms with Gasteiger partial charge in [0.2, 0.25) is 5.95 Å². The molecule has 0 saturated heterocycles. The van der Waals surface area contributed by atoms with Gasteiger partial charge in [0.15, 0.2) is 0 Å². The maximum Gasteiger partial charge on any atom is 0.223 e. The second kappa shape index (κ2) is 3.52. The van der Waals surface area contributed by atoms with Crippen molar-refractivity contribution in [3.63, 3.8) is 0 Å². The summed E-state index contributed by atoms with van der Waals surface area (Å²) in [6.07, 6.45) is 2.29. The van der Waals surface area contributed by atoms with Crippen molar-refractivity contribution in [2.75, 3.05) is 11.1 Å². The van der Waals surface area contributed by atoms with E-state index in [2.05, 4.69) is 29.1 Å². The van der Waals surface area contributed by atoms with E-state index in [1.165, 1.54) is 0 Å². The lowest BCUT2D eigenvalue weighted by molar-refractivity contribution is 0.167. The molecule has 4 nitrogen and oxygen atoms in total. The zero-order valence-corrected chi connectivity index (χ0v) is 9.67. The molecule has 0 unspecified atom stereocenters. The fourth-order valence-corrected chi connectivity index (χ4v) is 2.28. The molecular weight excluding hydrogens is 212 g/mol. The average Bonchev–Trinajstić information content (AvgIpc) is 1.97. The molecule has 0 amide bonds. The lowest BCUT2D eigenvalue weighted by Crippen LogP contribution is -2.41. The number of hydrogen-bond donors (Lipinski definition) is 2. The molecule has 1 aliphatic rings. The second-order valence-electron chi connectivity index (χ2n) is 4.85. The van der Waals surface area contributed by atoms with E-state index < -0.39 is 0 Å². The van der Waals surface area contributed by atoms with Crippen LogP contribution >= 0.6 is 11.6 Å². The van der Waals surface area contributed by atoms with Crippen molar-refractivity contribution in [1.29, 1.82) is 0 Å². The first-order valence-corrected chi connectivity index (χ1v) is 5.39. The summed E-state index contributed by atoms with van der Waals surface area (Å²) in [5, 5.41) is 3.68. The lowest BCUT2D eigenvalue weighted by Gasteiger charge is -2.43. The smallest absolute Gasteiger partial charge is 0.223 e. The first-order chi connectivity index (χ1) is 6.94. The third-order valence-corrected chi connectivity index (χ3v) is 2.86. The van der Waals surface area contributed by atoms with Crippen molar-refractivity contribution >= 4 is 23.4 Å². The van der Waals surface area contributed by atoms with Gasteiger partial charge in [-0.15, -0.1) is 0 Å². The summed E-state index contributed by atoms with van der Waals surface area (Å²) in [6.45, 7) is 4.51. The van der Waals surface area contributed by atoms with Crippen LogP contribution in [0.15, 0.2) is 6.07 Å². The molecule has 1 heterocycles. The van der Waals surface area contributed by atoms with Crippen molar-refractivity contribution in [2.24, 2.45) is 5.41 Å². The second-order valence-corrected chi connectivity index (χ2v) is 5.24. The Bertz CT molecular complexity index is 349. The molecule has 0 spiro atoms. The van der Waals surface area contributed by atoms with Gasteiger partial charge in [-0.05, 0) is 18.3 Å². The molecule has 0 aliphatic heterocycles. The Kier molecular flexibility index (Phi) is 2.46. The normalized spacial score (nSPS) is 19.7. The van der Waals surface area contributed by atoms with Crippen molar-refractivity contribution in [2.45, 2.75) is 32.7 Å². The summed E-state index contributed by atoms with van der Waals surface area (Å²) < 4.78 is 0. The Morgan fingerprint density at radius 2 is 2.13 bits per heavy atom. The number of hydrogen-bond acceptors (Lipinski definition) is 4. The SMILES string of the molecule is CC1(C)CC(Nc2cc(Cl)nc(N)n2)C1. The molecule has 1 aromatic rings. The van der Waals surface area contributed by atoms with Crippen LogP contribution < -0.4 is 11.1 Å². The largest absolute Gasteiger partial charge is 0.368 e. The number of rotatable bonds is 2. The number of nitrogens with two attached hydrogens (primary N) is 1. The zero-order valence-electron chi connectivity index (χ0n) is 8.92. The molecule has 0 bridgehead atoms. The number of nitrogens with one attached hydrogen (secondary N) is 1. The van der Waals surface area contributed by atoms with Crippen molar-refractivity contribution in [1.82, 2.24) is 9.97 Å². The summed E-state index contributed by atoms with van der Waals surface area (Å²) in [5.74, 6) is 0.927. The van der Waals surface area contributed by atoms with Gasteiger partial charge in [0.25, 0.3) is 0 Å². The zero-order chi connectivity index (χ0) is 11.1. The highest BCUT2D eigenvalue weighted by molar-refractivity contribution is 6.29. The van der Waals surface area contributed by atoms with Crippen LogP contribution in [-0.4, -0.2) is 16.0 Å². The third kappa shape index (κ3) is 2.50. The van der Waals surface area contributed by atoms with Crippen LogP contribution in [0.4, 0.5) is 11.8 Å². The maximum atomic E-state index is 5.78. The molecule has 82 valence electrons. The monoisotopic (exact) mass is 226 g/mol. The first-order valence-electron chi connectivity index (χ1n) is 5.01. The van der Waals surface area contributed by atoms with E-state index in [0.29, 0.717) is 22.4 Å². The summed E-state index contributed by atoms with van der Waals surface area (Å²) in [5.41, 5.74) is 5.95. The Hall–Kier alpha value is -1.03. The van der Waals surface area contributed by atoms with Gasteiger partial charge in [0.1, 0.15) is 11.0 Å². The quantitative estimate of drug-likeness (QED) is 0.760. The molecule has 3 N–H and O–H groups in total. The highest BCUT2D eigenvalue weighted by Crippen LogP contribution is 2.41. The van der Waals surface area contributed by atoms with E-state index >= 15 is 0 Å². The van der Waals surface area contributed by atoms with Crippen LogP contribution in [-0.2, 0) is 0 Å². The van der Waals surface area contributed by atoms with Gasteiger partial charge in [-0.25, -0.2) is 4.98 Å². The van der Waals surface area contributed by atoms with Gasteiger partial charge in [0, 0.05) is 12.1 Å². The van der Waals surface area contributed by atoms with Gasteiger partial charge >= 0.3 is 0 Å². The molecule has 1 aliphatic carbocycles. The van der Waals surface area contributed by atoms with E-state index in [1.807, 2.05) is 0 Å². The number of aromatic nitrogens is 2. The van der Waals surface area contributed by atoms with Crippen LogP contribution in [0, 0.1) is 5.41 Å². The highest BCUT2D eigenvalue weighted by atomic mass is 35.5. The fourth-order valence-electron chi connectivity index (χ4n) is 2.09. The van der Waals surface area contributed by atoms with Crippen LogP contribution in [0.3, 0.4) is 0 Å². The summed E-state index contributed by atoms with van der Waals surface area (Å²) in [6, 6.07) is 2.17. The van der Waals surface area contributed by atoms with E-state index in [4.69, 9.17) is 17.3 Å². The Morgan fingerprint density at radius 1 is 1.47 bits per heavy atom. The number of nitrogen functional groups attached to an aromatic ring is 1. The Labute approximate surface area is 94.2 Å². The van der Waals surface area contributed by atoms with E-state index in [0.717, 1.165) is 12.8 Å². The molecule has 0 radical (unpaired) electrons. The van der Waals surface area contributed by atoms with Gasteiger partial charge in [0.05, 0.1) is 0 Å². The van der Waals surface area contributed by atoms with E-state index in [9.17, 15) is 0 Å². The first kappa shape index (κ1) is 10.5. The van der Waals surface area contributed by atoms with Crippen LogP contribution in [0.1, 0.15) is 26.7 Å². The molecule has 1 saturated carbocycles. The predicted molar refractivity (Wildman–Crippen MR) is 61.9 cm³/mol. The minimum absolute atomic E-state index is 0.212. The molecule has 5 heteroatoms. The third-order valence-electron chi connectivity index (χ3n) is 2.66. The number of anilines is 2. The van der Waals surface area contributed by atoms with Gasteiger partial charge in [-0.3, -0.25) is 0 Å².